The van der Waals surface area contributed by atoms with E-state index in [0.29, 0.717) is 6.04 Å². The zero-order valence-corrected chi connectivity index (χ0v) is 11.4. The van der Waals surface area contributed by atoms with Crippen LogP contribution in [0, 0.1) is 0 Å². The topological polar surface area (TPSA) is 58.4 Å². The smallest absolute Gasteiger partial charge is 0.237 e. The first-order chi connectivity index (χ1) is 9.13. The predicted molar refractivity (Wildman–Crippen MR) is 75.6 cm³/mol. The van der Waals surface area contributed by atoms with Crippen molar-refractivity contribution < 1.29 is 4.79 Å². The number of nitrogen functional groups attached to an aromatic ring is 1. The van der Waals surface area contributed by atoms with Crippen molar-refractivity contribution in [2.45, 2.75) is 44.8 Å². The molecule has 3 rings (SSSR count). The Kier molecular flexibility index (Phi) is 3.19. The Bertz CT molecular complexity index is 496. The molecule has 0 aromatic heterocycles. The summed E-state index contributed by atoms with van der Waals surface area (Å²) in [6, 6.07) is 6.47. The molecule has 1 unspecified atom stereocenters. The van der Waals surface area contributed by atoms with Gasteiger partial charge in [0.05, 0.1) is 6.04 Å². The molecule has 19 heavy (non-hydrogen) atoms. The molecule has 3 N–H and O–H groups in total. The molecule has 1 aliphatic heterocycles. The minimum absolute atomic E-state index is 0.0600. The average Bonchev–Trinajstić information content (AvgIpc) is 3.20. The number of amides is 1. The molecule has 1 fully saturated rings. The van der Waals surface area contributed by atoms with Crippen LogP contribution in [-0.2, 0) is 17.8 Å². The summed E-state index contributed by atoms with van der Waals surface area (Å²) in [5, 5.41) is 3.08. The molecule has 1 saturated carbocycles. The average molecular weight is 259 g/mol. The first-order valence-corrected chi connectivity index (χ1v) is 7.05. The van der Waals surface area contributed by atoms with Crippen LogP contribution in [-0.4, -0.2) is 29.4 Å². The fourth-order valence-corrected chi connectivity index (χ4v) is 2.64. The number of fused-ring (bicyclic) bond motifs is 1. The summed E-state index contributed by atoms with van der Waals surface area (Å²) in [6.45, 7) is 3.75. The van der Waals surface area contributed by atoms with Crippen LogP contribution < -0.4 is 11.1 Å². The molecular formula is C15H21N3O. The highest BCUT2D eigenvalue weighted by Gasteiger charge is 2.29. The van der Waals surface area contributed by atoms with Crippen molar-refractivity contribution in [2.75, 3.05) is 12.3 Å². The molecule has 102 valence electrons. The fourth-order valence-electron chi connectivity index (χ4n) is 2.64. The van der Waals surface area contributed by atoms with Gasteiger partial charge in [0, 0.05) is 24.8 Å². The van der Waals surface area contributed by atoms with E-state index in [4.69, 9.17) is 5.73 Å². The van der Waals surface area contributed by atoms with Crippen molar-refractivity contribution in [1.29, 1.82) is 0 Å². The first kappa shape index (κ1) is 12.5. The van der Waals surface area contributed by atoms with Gasteiger partial charge in [-0.05, 0) is 49.4 Å². The number of anilines is 1. The molecule has 1 aliphatic carbocycles. The van der Waals surface area contributed by atoms with Gasteiger partial charge in [-0.1, -0.05) is 6.07 Å². The number of benzene rings is 1. The number of hydrogen-bond acceptors (Lipinski definition) is 3. The van der Waals surface area contributed by atoms with Gasteiger partial charge in [0.2, 0.25) is 5.91 Å². The van der Waals surface area contributed by atoms with Crippen molar-refractivity contribution in [3.63, 3.8) is 0 Å². The molecule has 1 aromatic carbocycles. The molecule has 1 aromatic rings. The quantitative estimate of drug-likeness (QED) is 0.804. The zero-order valence-electron chi connectivity index (χ0n) is 11.4. The van der Waals surface area contributed by atoms with Crippen molar-refractivity contribution in [3.05, 3.63) is 29.3 Å². The summed E-state index contributed by atoms with van der Waals surface area (Å²) in [4.78, 5) is 14.3. The first-order valence-electron chi connectivity index (χ1n) is 7.05. The second-order valence-corrected chi connectivity index (χ2v) is 5.71. The van der Waals surface area contributed by atoms with Crippen molar-refractivity contribution >= 4 is 11.6 Å². The van der Waals surface area contributed by atoms with E-state index in [1.165, 1.54) is 11.1 Å². The molecule has 4 nitrogen and oxygen atoms in total. The third-order valence-electron chi connectivity index (χ3n) is 4.12. The lowest BCUT2D eigenvalue weighted by atomic mass is 9.98. The van der Waals surface area contributed by atoms with Crippen LogP contribution in [0.25, 0.3) is 0 Å². The van der Waals surface area contributed by atoms with Gasteiger partial charge >= 0.3 is 0 Å². The molecule has 1 heterocycles. The molecule has 0 spiro atoms. The van der Waals surface area contributed by atoms with Crippen LogP contribution in [0.2, 0.25) is 0 Å². The molecule has 1 amide bonds. The normalized spacial score (nSPS) is 20.7. The van der Waals surface area contributed by atoms with Gasteiger partial charge in [0.1, 0.15) is 0 Å². The van der Waals surface area contributed by atoms with Crippen LogP contribution in [0.3, 0.4) is 0 Å². The molecule has 4 heteroatoms. The molecule has 0 radical (unpaired) electrons. The maximum atomic E-state index is 12.1. The molecular weight excluding hydrogens is 238 g/mol. The predicted octanol–water partition coefficient (Wildman–Crippen LogP) is 1.29. The highest BCUT2D eigenvalue weighted by atomic mass is 16.2. The van der Waals surface area contributed by atoms with E-state index in [1.54, 1.807) is 0 Å². The summed E-state index contributed by atoms with van der Waals surface area (Å²) in [5.74, 6) is 0.162. The second kappa shape index (κ2) is 4.85. The van der Waals surface area contributed by atoms with Gasteiger partial charge in [0.25, 0.3) is 0 Å². The molecule has 0 saturated heterocycles. The second-order valence-electron chi connectivity index (χ2n) is 5.71. The van der Waals surface area contributed by atoms with E-state index in [0.717, 1.165) is 38.0 Å². The Labute approximate surface area is 114 Å². The Hall–Kier alpha value is -1.55. The zero-order chi connectivity index (χ0) is 13.4. The van der Waals surface area contributed by atoms with Crippen LogP contribution in [0.4, 0.5) is 5.69 Å². The number of carbonyl (C=O) groups excluding carboxylic acids is 1. The number of rotatable bonds is 3. The summed E-state index contributed by atoms with van der Waals surface area (Å²) in [7, 11) is 0. The summed E-state index contributed by atoms with van der Waals surface area (Å²) in [6.07, 6.45) is 3.27. The largest absolute Gasteiger partial charge is 0.399 e. The lowest BCUT2D eigenvalue weighted by Gasteiger charge is -2.33. The monoisotopic (exact) mass is 259 g/mol. The Morgan fingerprint density at radius 3 is 2.95 bits per heavy atom. The van der Waals surface area contributed by atoms with Gasteiger partial charge in [-0.2, -0.15) is 0 Å². The summed E-state index contributed by atoms with van der Waals surface area (Å²) >= 11 is 0. The van der Waals surface area contributed by atoms with Crippen molar-refractivity contribution in [3.8, 4) is 0 Å². The molecule has 0 bridgehead atoms. The van der Waals surface area contributed by atoms with E-state index >= 15 is 0 Å². The minimum Gasteiger partial charge on any atom is -0.399 e. The highest BCUT2D eigenvalue weighted by Crippen LogP contribution is 2.23. The van der Waals surface area contributed by atoms with Crippen LogP contribution in [0.1, 0.15) is 30.9 Å². The number of nitrogens with two attached hydrogens (primary N) is 1. The Morgan fingerprint density at radius 1 is 1.42 bits per heavy atom. The van der Waals surface area contributed by atoms with Crippen LogP contribution in [0.15, 0.2) is 18.2 Å². The van der Waals surface area contributed by atoms with E-state index in [9.17, 15) is 4.79 Å². The van der Waals surface area contributed by atoms with Gasteiger partial charge in [-0.15, -0.1) is 0 Å². The van der Waals surface area contributed by atoms with E-state index in [2.05, 4.69) is 16.3 Å². The molecule has 1 atom stereocenters. The fraction of sp³-hybridized carbons (Fsp3) is 0.533. The lowest BCUT2D eigenvalue weighted by Crippen LogP contribution is -2.47. The van der Waals surface area contributed by atoms with Gasteiger partial charge in [-0.3, -0.25) is 9.69 Å². The van der Waals surface area contributed by atoms with Gasteiger partial charge in [0.15, 0.2) is 0 Å². The third-order valence-corrected chi connectivity index (χ3v) is 4.12. The summed E-state index contributed by atoms with van der Waals surface area (Å²) in [5.41, 5.74) is 9.26. The standard InChI is InChI=1S/C15H21N3O/c1-10(15(19)17-14-4-5-14)18-7-6-11-2-3-13(16)8-12(11)9-18/h2-3,8,10,14H,4-7,9,16H2,1H3,(H,17,19). The minimum atomic E-state index is -0.0600. The number of carbonyl (C=O) groups is 1. The lowest BCUT2D eigenvalue weighted by molar-refractivity contribution is -0.126. The number of hydrogen-bond donors (Lipinski definition) is 2. The van der Waals surface area contributed by atoms with E-state index < -0.39 is 0 Å². The van der Waals surface area contributed by atoms with Crippen LogP contribution >= 0.6 is 0 Å². The van der Waals surface area contributed by atoms with E-state index in [-0.39, 0.29) is 11.9 Å². The summed E-state index contributed by atoms with van der Waals surface area (Å²) < 4.78 is 0. The van der Waals surface area contributed by atoms with Gasteiger partial charge < -0.3 is 11.1 Å². The number of nitrogens with one attached hydrogen (secondary N) is 1. The third kappa shape index (κ3) is 2.73. The number of nitrogens with zero attached hydrogens (tertiary/aromatic N) is 1. The van der Waals surface area contributed by atoms with Crippen LogP contribution in [0.5, 0.6) is 0 Å². The van der Waals surface area contributed by atoms with Crippen molar-refractivity contribution in [1.82, 2.24) is 10.2 Å². The van der Waals surface area contributed by atoms with E-state index in [1.807, 2.05) is 19.1 Å². The SMILES string of the molecule is CC(C(=O)NC1CC1)N1CCc2ccc(N)cc2C1. The maximum Gasteiger partial charge on any atom is 0.237 e. The Balaban J connectivity index is 1.68. The molecule has 2 aliphatic rings. The maximum absolute atomic E-state index is 12.1. The van der Waals surface area contributed by atoms with Crippen molar-refractivity contribution in [2.24, 2.45) is 0 Å². The van der Waals surface area contributed by atoms with Gasteiger partial charge in [-0.25, -0.2) is 0 Å². The highest BCUT2D eigenvalue weighted by molar-refractivity contribution is 5.81. The Morgan fingerprint density at radius 2 is 2.21 bits per heavy atom.